The lowest BCUT2D eigenvalue weighted by Gasteiger charge is -2.29. The van der Waals surface area contributed by atoms with Crippen molar-refractivity contribution in [2.45, 2.75) is 44.6 Å². The Bertz CT molecular complexity index is 567. The fourth-order valence-corrected chi connectivity index (χ4v) is 3.62. The van der Waals surface area contributed by atoms with Crippen molar-refractivity contribution in [1.82, 2.24) is 14.9 Å². The third-order valence-electron chi connectivity index (χ3n) is 4.87. The summed E-state index contributed by atoms with van der Waals surface area (Å²) in [5.74, 6) is 2.02. The first-order valence-corrected chi connectivity index (χ1v) is 7.87. The van der Waals surface area contributed by atoms with Gasteiger partial charge in [0.15, 0.2) is 0 Å². The SMILES string of the molecule is CNC(Cc1nc2ccccc2n1C)C1CCCCC1. The molecule has 3 heteroatoms. The van der Waals surface area contributed by atoms with Crippen LogP contribution in [0.25, 0.3) is 11.0 Å². The summed E-state index contributed by atoms with van der Waals surface area (Å²) in [5, 5.41) is 3.54. The van der Waals surface area contributed by atoms with Gasteiger partial charge in [-0.3, -0.25) is 0 Å². The highest BCUT2D eigenvalue weighted by molar-refractivity contribution is 5.75. The van der Waals surface area contributed by atoms with E-state index >= 15 is 0 Å². The van der Waals surface area contributed by atoms with E-state index in [1.165, 1.54) is 43.4 Å². The minimum Gasteiger partial charge on any atom is -0.331 e. The van der Waals surface area contributed by atoms with E-state index in [1.54, 1.807) is 0 Å². The second-order valence-electron chi connectivity index (χ2n) is 6.07. The average molecular weight is 271 g/mol. The van der Waals surface area contributed by atoms with Crippen LogP contribution in [0.1, 0.15) is 37.9 Å². The summed E-state index contributed by atoms with van der Waals surface area (Å²) in [6, 6.07) is 8.97. The number of benzene rings is 1. The molecule has 0 aliphatic heterocycles. The number of hydrogen-bond donors (Lipinski definition) is 1. The largest absolute Gasteiger partial charge is 0.331 e. The molecule has 1 aliphatic carbocycles. The number of imidazole rings is 1. The molecular weight excluding hydrogens is 246 g/mol. The maximum atomic E-state index is 4.82. The Morgan fingerprint density at radius 3 is 2.70 bits per heavy atom. The van der Waals surface area contributed by atoms with Gasteiger partial charge in [0.25, 0.3) is 0 Å². The number of para-hydroxylation sites is 2. The van der Waals surface area contributed by atoms with Crippen molar-refractivity contribution >= 4 is 11.0 Å². The molecule has 1 saturated carbocycles. The Labute approximate surface area is 121 Å². The van der Waals surface area contributed by atoms with Gasteiger partial charge in [0.1, 0.15) is 5.82 Å². The second-order valence-corrected chi connectivity index (χ2v) is 6.07. The zero-order valence-electron chi connectivity index (χ0n) is 12.6. The minimum atomic E-state index is 0.561. The van der Waals surface area contributed by atoms with Gasteiger partial charge < -0.3 is 9.88 Å². The van der Waals surface area contributed by atoms with Crippen LogP contribution in [-0.2, 0) is 13.5 Å². The topological polar surface area (TPSA) is 29.9 Å². The molecule has 2 aromatic rings. The van der Waals surface area contributed by atoms with Gasteiger partial charge in [-0.25, -0.2) is 4.98 Å². The van der Waals surface area contributed by atoms with E-state index in [1.807, 2.05) is 0 Å². The smallest absolute Gasteiger partial charge is 0.111 e. The molecule has 20 heavy (non-hydrogen) atoms. The molecule has 0 amide bonds. The molecule has 0 bridgehead atoms. The highest BCUT2D eigenvalue weighted by Crippen LogP contribution is 2.28. The molecule has 0 radical (unpaired) electrons. The third-order valence-corrected chi connectivity index (χ3v) is 4.87. The summed E-state index contributed by atoms with van der Waals surface area (Å²) in [4.78, 5) is 4.82. The standard InChI is InChI=1S/C17H25N3/c1-18-15(13-8-4-3-5-9-13)12-17-19-14-10-6-7-11-16(14)20(17)2/h6-7,10-11,13,15,18H,3-5,8-9,12H2,1-2H3. The first-order valence-electron chi connectivity index (χ1n) is 7.87. The summed E-state index contributed by atoms with van der Waals surface area (Å²) in [6.45, 7) is 0. The van der Waals surface area contributed by atoms with Crippen LogP contribution in [0.2, 0.25) is 0 Å². The van der Waals surface area contributed by atoms with Gasteiger partial charge in [-0.2, -0.15) is 0 Å². The van der Waals surface area contributed by atoms with E-state index in [-0.39, 0.29) is 0 Å². The van der Waals surface area contributed by atoms with E-state index in [0.29, 0.717) is 6.04 Å². The molecule has 0 saturated heterocycles. The third kappa shape index (κ3) is 2.59. The Morgan fingerprint density at radius 1 is 1.25 bits per heavy atom. The van der Waals surface area contributed by atoms with E-state index < -0.39 is 0 Å². The lowest BCUT2D eigenvalue weighted by Crippen LogP contribution is -2.37. The number of aryl methyl sites for hydroxylation is 1. The van der Waals surface area contributed by atoms with Crippen molar-refractivity contribution in [2.24, 2.45) is 13.0 Å². The fourth-order valence-electron chi connectivity index (χ4n) is 3.62. The molecule has 1 aliphatic rings. The molecule has 1 N–H and O–H groups in total. The van der Waals surface area contributed by atoms with Gasteiger partial charge >= 0.3 is 0 Å². The highest BCUT2D eigenvalue weighted by Gasteiger charge is 2.24. The minimum absolute atomic E-state index is 0.561. The van der Waals surface area contributed by atoms with Crippen molar-refractivity contribution in [2.75, 3.05) is 7.05 Å². The molecule has 1 atom stereocenters. The maximum Gasteiger partial charge on any atom is 0.111 e. The predicted molar refractivity (Wildman–Crippen MR) is 83.8 cm³/mol. The van der Waals surface area contributed by atoms with Gasteiger partial charge in [-0.05, 0) is 37.9 Å². The number of likely N-dealkylation sites (N-methyl/N-ethyl adjacent to an activating group) is 1. The van der Waals surface area contributed by atoms with Crippen molar-refractivity contribution in [3.05, 3.63) is 30.1 Å². The van der Waals surface area contributed by atoms with Crippen LogP contribution in [0.15, 0.2) is 24.3 Å². The average Bonchev–Trinajstić information content (AvgIpc) is 2.82. The molecular formula is C17H25N3. The molecule has 3 rings (SSSR count). The number of hydrogen-bond acceptors (Lipinski definition) is 2. The first-order chi connectivity index (χ1) is 9.79. The Hall–Kier alpha value is -1.35. The predicted octanol–water partition coefficient (Wildman–Crippen LogP) is 3.28. The second kappa shape index (κ2) is 5.96. The molecule has 108 valence electrons. The Kier molecular flexibility index (Phi) is 4.06. The van der Waals surface area contributed by atoms with E-state index in [4.69, 9.17) is 4.98 Å². The number of nitrogens with zero attached hydrogens (tertiary/aromatic N) is 2. The number of nitrogens with one attached hydrogen (secondary N) is 1. The quantitative estimate of drug-likeness (QED) is 0.925. The normalized spacial score (nSPS) is 18.5. The van der Waals surface area contributed by atoms with Crippen molar-refractivity contribution in [3.63, 3.8) is 0 Å². The van der Waals surface area contributed by atoms with Crippen molar-refractivity contribution < 1.29 is 0 Å². The monoisotopic (exact) mass is 271 g/mol. The van der Waals surface area contributed by atoms with Crippen LogP contribution in [-0.4, -0.2) is 22.6 Å². The van der Waals surface area contributed by atoms with Gasteiger partial charge in [-0.15, -0.1) is 0 Å². The maximum absolute atomic E-state index is 4.82. The van der Waals surface area contributed by atoms with Crippen molar-refractivity contribution in [3.8, 4) is 0 Å². The van der Waals surface area contributed by atoms with E-state index in [0.717, 1.165) is 17.9 Å². The molecule has 1 aromatic heterocycles. The molecule has 0 spiro atoms. The van der Waals surface area contributed by atoms with Crippen LogP contribution in [0.3, 0.4) is 0 Å². The summed E-state index contributed by atoms with van der Waals surface area (Å²) in [6.07, 6.45) is 7.98. The lowest BCUT2D eigenvalue weighted by molar-refractivity contribution is 0.273. The van der Waals surface area contributed by atoms with E-state index in [2.05, 4.69) is 48.2 Å². The van der Waals surface area contributed by atoms with Crippen LogP contribution in [0.4, 0.5) is 0 Å². The summed E-state index contributed by atoms with van der Waals surface area (Å²) < 4.78 is 2.25. The van der Waals surface area contributed by atoms with Gasteiger partial charge in [-0.1, -0.05) is 31.4 Å². The van der Waals surface area contributed by atoms with E-state index in [9.17, 15) is 0 Å². The number of aromatic nitrogens is 2. The highest BCUT2D eigenvalue weighted by atomic mass is 15.1. The molecule has 1 heterocycles. The van der Waals surface area contributed by atoms with Gasteiger partial charge in [0.05, 0.1) is 11.0 Å². The van der Waals surface area contributed by atoms with Crippen LogP contribution in [0, 0.1) is 5.92 Å². The van der Waals surface area contributed by atoms with Crippen LogP contribution < -0.4 is 5.32 Å². The summed E-state index contributed by atoms with van der Waals surface area (Å²) >= 11 is 0. The van der Waals surface area contributed by atoms with Crippen LogP contribution in [0.5, 0.6) is 0 Å². The van der Waals surface area contributed by atoms with Crippen molar-refractivity contribution in [1.29, 1.82) is 0 Å². The fraction of sp³-hybridized carbons (Fsp3) is 0.588. The van der Waals surface area contributed by atoms with Gasteiger partial charge in [0.2, 0.25) is 0 Å². The number of rotatable bonds is 4. The first kappa shape index (κ1) is 13.6. The van der Waals surface area contributed by atoms with Gasteiger partial charge in [0, 0.05) is 19.5 Å². The molecule has 1 fully saturated rings. The molecule has 1 aromatic carbocycles. The lowest BCUT2D eigenvalue weighted by atomic mass is 9.82. The summed E-state index contributed by atoms with van der Waals surface area (Å²) in [7, 11) is 4.24. The van der Waals surface area contributed by atoms with Crippen LogP contribution >= 0.6 is 0 Å². The Balaban J connectivity index is 1.81. The summed E-state index contributed by atoms with van der Waals surface area (Å²) in [5.41, 5.74) is 2.35. The Morgan fingerprint density at radius 2 is 2.00 bits per heavy atom. The zero-order chi connectivity index (χ0) is 13.9. The molecule has 1 unspecified atom stereocenters. The number of fused-ring (bicyclic) bond motifs is 1. The molecule has 3 nitrogen and oxygen atoms in total. The zero-order valence-corrected chi connectivity index (χ0v) is 12.6.